The lowest BCUT2D eigenvalue weighted by atomic mass is 10.0. The lowest BCUT2D eigenvalue weighted by Crippen LogP contribution is -2.34. The molecule has 0 atom stereocenters. The topological polar surface area (TPSA) is 67.9 Å². The van der Waals surface area contributed by atoms with Crippen LogP contribution >= 0.6 is 0 Å². The summed E-state index contributed by atoms with van der Waals surface area (Å²) < 4.78 is 10.6. The van der Waals surface area contributed by atoms with Gasteiger partial charge < -0.3 is 19.7 Å². The second-order valence-electron chi connectivity index (χ2n) is 6.42. The summed E-state index contributed by atoms with van der Waals surface area (Å²) >= 11 is 0. The monoisotopic (exact) mass is 364 g/mol. The Bertz CT molecular complexity index is 936. The molecule has 4 rings (SSSR count). The highest BCUT2D eigenvalue weighted by Crippen LogP contribution is 2.33. The Morgan fingerprint density at radius 1 is 1.15 bits per heavy atom. The maximum absolute atomic E-state index is 12.2. The van der Waals surface area contributed by atoms with E-state index in [2.05, 4.69) is 5.32 Å². The minimum absolute atomic E-state index is 0.147. The van der Waals surface area contributed by atoms with Crippen LogP contribution in [-0.2, 0) is 16.0 Å². The van der Waals surface area contributed by atoms with Gasteiger partial charge in [0.15, 0.2) is 11.5 Å². The Hall–Kier alpha value is -3.28. The average molecular weight is 364 g/mol. The van der Waals surface area contributed by atoms with Crippen LogP contribution in [0.1, 0.15) is 24.5 Å². The van der Waals surface area contributed by atoms with Crippen molar-refractivity contribution >= 4 is 29.3 Å². The molecule has 2 aromatic carbocycles. The fraction of sp³-hybridized carbons (Fsp3) is 0.238. The zero-order chi connectivity index (χ0) is 18.8. The molecule has 0 fully saturated rings. The maximum Gasteiger partial charge on any atom is 0.248 e. The summed E-state index contributed by atoms with van der Waals surface area (Å²) in [5.74, 6) is 1.33. The molecule has 138 valence electrons. The van der Waals surface area contributed by atoms with E-state index in [0.717, 1.165) is 22.5 Å². The number of anilines is 2. The van der Waals surface area contributed by atoms with Crippen LogP contribution in [0.2, 0.25) is 0 Å². The van der Waals surface area contributed by atoms with E-state index in [1.165, 1.54) is 6.08 Å². The third-order valence-electron chi connectivity index (χ3n) is 4.69. The number of nitrogens with one attached hydrogen (secondary N) is 1. The van der Waals surface area contributed by atoms with Gasteiger partial charge >= 0.3 is 0 Å². The molecule has 6 nitrogen and oxygen atoms in total. The summed E-state index contributed by atoms with van der Waals surface area (Å²) in [7, 11) is 0. The minimum Gasteiger partial charge on any atom is -0.454 e. The fourth-order valence-corrected chi connectivity index (χ4v) is 3.36. The number of ether oxygens (including phenoxy) is 2. The molecule has 6 heteroatoms. The van der Waals surface area contributed by atoms with Gasteiger partial charge in [0, 0.05) is 30.4 Å². The summed E-state index contributed by atoms with van der Waals surface area (Å²) in [4.78, 5) is 26.0. The number of aryl methyl sites for hydroxylation is 1. The molecule has 2 heterocycles. The number of amides is 2. The first kappa shape index (κ1) is 17.1. The van der Waals surface area contributed by atoms with E-state index in [0.29, 0.717) is 30.9 Å². The maximum atomic E-state index is 12.2. The quantitative estimate of drug-likeness (QED) is 0.845. The average Bonchev–Trinajstić information content (AvgIpc) is 3.14. The predicted molar refractivity (Wildman–Crippen MR) is 103 cm³/mol. The second-order valence-corrected chi connectivity index (χ2v) is 6.42. The molecule has 2 aromatic rings. The van der Waals surface area contributed by atoms with Gasteiger partial charge in [-0.2, -0.15) is 0 Å². The van der Waals surface area contributed by atoms with Crippen molar-refractivity contribution in [3.05, 3.63) is 53.6 Å². The largest absolute Gasteiger partial charge is 0.454 e. The lowest BCUT2D eigenvalue weighted by molar-refractivity contribution is -0.118. The van der Waals surface area contributed by atoms with Crippen LogP contribution in [0.3, 0.4) is 0 Å². The Morgan fingerprint density at radius 2 is 2.00 bits per heavy atom. The van der Waals surface area contributed by atoms with Crippen LogP contribution < -0.4 is 19.7 Å². The minimum atomic E-state index is -0.216. The molecular weight excluding hydrogens is 344 g/mol. The highest BCUT2D eigenvalue weighted by molar-refractivity contribution is 6.02. The first-order valence-electron chi connectivity index (χ1n) is 8.96. The highest BCUT2D eigenvalue weighted by Gasteiger charge is 2.22. The third-order valence-corrected chi connectivity index (χ3v) is 4.69. The second kappa shape index (κ2) is 7.15. The lowest BCUT2D eigenvalue weighted by Gasteiger charge is -2.28. The Kier molecular flexibility index (Phi) is 4.54. The number of nitrogens with zero attached hydrogens (tertiary/aromatic N) is 1. The first-order valence-corrected chi connectivity index (χ1v) is 8.96. The molecular formula is C21H20N2O4. The zero-order valence-electron chi connectivity index (χ0n) is 15.0. The number of fused-ring (bicyclic) bond motifs is 2. The van der Waals surface area contributed by atoms with E-state index in [1.807, 2.05) is 43.3 Å². The molecule has 27 heavy (non-hydrogen) atoms. The molecule has 2 aliphatic heterocycles. The first-order chi connectivity index (χ1) is 13.1. The van der Waals surface area contributed by atoms with Crippen molar-refractivity contribution in [2.45, 2.75) is 19.8 Å². The van der Waals surface area contributed by atoms with Crippen LogP contribution in [0.4, 0.5) is 11.4 Å². The van der Waals surface area contributed by atoms with Gasteiger partial charge in [-0.15, -0.1) is 0 Å². The summed E-state index contributed by atoms with van der Waals surface area (Å²) in [5.41, 5.74) is 3.59. The zero-order valence-corrected chi connectivity index (χ0v) is 15.0. The van der Waals surface area contributed by atoms with E-state index in [1.54, 1.807) is 11.0 Å². The van der Waals surface area contributed by atoms with Crippen molar-refractivity contribution in [3.63, 3.8) is 0 Å². The van der Waals surface area contributed by atoms with Crippen LogP contribution in [0, 0.1) is 0 Å². The Balaban J connectivity index is 1.45. The van der Waals surface area contributed by atoms with Crippen molar-refractivity contribution in [1.82, 2.24) is 0 Å². The van der Waals surface area contributed by atoms with E-state index in [9.17, 15) is 9.59 Å². The van der Waals surface area contributed by atoms with Gasteiger partial charge in [0.25, 0.3) is 0 Å². The molecule has 0 saturated heterocycles. The number of rotatable bonds is 4. The van der Waals surface area contributed by atoms with Gasteiger partial charge in [0.1, 0.15) is 0 Å². The SMILES string of the molecule is CCN1C(=O)CCc2cc(NC(=O)/C=C/c3ccc4c(c3)OCO4)ccc21. The van der Waals surface area contributed by atoms with Crippen molar-refractivity contribution in [2.75, 3.05) is 23.6 Å². The van der Waals surface area contributed by atoms with Crippen LogP contribution in [0.5, 0.6) is 11.5 Å². The van der Waals surface area contributed by atoms with Crippen LogP contribution in [0.15, 0.2) is 42.5 Å². The van der Waals surface area contributed by atoms with Gasteiger partial charge in [-0.3, -0.25) is 9.59 Å². The molecule has 0 saturated carbocycles. The van der Waals surface area contributed by atoms with Crippen molar-refractivity contribution in [3.8, 4) is 11.5 Å². The molecule has 0 unspecified atom stereocenters. The molecule has 0 spiro atoms. The summed E-state index contributed by atoms with van der Waals surface area (Å²) in [5, 5.41) is 2.87. The van der Waals surface area contributed by atoms with E-state index in [-0.39, 0.29) is 18.6 Å². The Labute approximate surface area is 157 Å². The van der Waals surface area contributed by atoms with Gasteiger partial charge in [-0.05, 0) is 60.9 Å². The number of benzene rings is 2. The van der Waals surface area contributed by atoms with Crippen LogP contribution in [-0.4, -0.2) is 25.2 Å². The van der Waals surface area contributed by atoms with E-state index >= 15 is 0 Å². The van der Waals surface area contributed by atoms with E-state index in [4.69, 9.17) is 9.47 Å². The molecule has 2 aliphatic rings. The summed E-state index contributed by atoms with van der Waals surface area (Å²) in [6.45, 7) is 2.84. The molecule has 0 aromatic heterocycles. The number of carbonyl (C=O) groups excluding carboxylic acids is 2. The van der Waals surface area contributed by atoms with E-state index < -0.39 is 0 Å². The molecule has 1 N–H and O–H groups in total. The van der Waals surface area contributed by atoms with Crippen molar-refractivity contribution in [1.29, 1.82) is 0 Å². The van der Waals surface area contributed by atoms with Gasteiger partial charge in [-0.1, -0.05) is 6.07 Å². The molecule has 2 amide bonds. The van der Waals surface area contributed by atoms with Gasteiger partial charge in [-0.25, -0.2) is 0 Å². The van der Waals surface area contributed by atoms with Crippen molar-refractivity contribution in [2.24, 2.45) is 0 Å². The Morgan fingerprint density at radius 3 is 2.85 bits per heavy atom. The number of carbonyl (C=O) groups is 2. The molecule has 0 bridgehead atoms. The van der Waals surface area contributed by atoms with Crippen LogP contribution in [0.25, 0.3) is 6.08 Å². The van der Waals surface area contributed by atoms with Gasteiger partial charge in [0.05, 0.1) is 0 Å². The highest BCUT2D eigenvalue weighted by atomic mass is 16.7. The summed E-state index contributed by atoms with van der Waals surface area (Å²) in [6.07, 6.45) is 4.41. The number of hydrogen-bond donors (Lipinski definition) is 1. The third kappa shape index (κ3) is 3.51. The normalized spacial score (nSPS) is 15.1. The van der Waals surface area contributed by atoms with Crippen molar-refractivity contribution < 1.29 is 19.1 Å². The summed E-state index contributed by atoms with van der Waals surface area (Å²) in [6, 6.07) is 11.2. The standard InChI is InChI=1S/C21H20N2O4/c1-2-23-17-7-6-16(12-15(17)5-10-21(23)25)22-20(24)9-4-14-3-8-18-19(11-14)27-13-26-18/h3-4,6-9,11-12H,2,5,10,13H2,1H3,(H,22,24)/b9-4+. The molecule has 0 radical (unpaired) electrons. The van der Waals surface area contributed by atoms with Gasteiger partial charge in [0.2, 0.25) is 18.6 Å². The molecule has 0 aliphatic carbocycles. The predicted octanol–water partition coefficient (Wildman–Crippen LogP) is 3.37. The number of hydrogen-bond acceptors (Lipinski definition) is 4. The smallest absolute Gasteiger partial charge is 0.248 e. The fourth-order valence-electron chi connectivity index (χ4n) is 3.36.